The van der Waals surface area contributed by atoms with Crippen molar-refractivity contribution in [3.63, 3.8) is 0 Å². The summed E-state index contributed by atoms with van der Waals surface area (Å²) in [7, 11) is 0. The van der Waals surface area contributed by atoms with Crippen molar-refractivity contribution >= 4 is 11.9 Å². The fraction of sp³-hybridized carbons (Fsp3) is 0.333. The van der Waals surface area contributed by atoms with Crippen molar-refractivity contribution in [1.82, 2.24) is 10.6 Å². The maximum Gasteiger partial charge on any atom is 0.322 e. The van der Waals surface area contributed by atoms with Crippen LogP contribution in [0.2, 0.25) is 0 Å². The Bertz CT molecular complexity index is 439. The molecule has 0 saturated carbocycles. The highest BCUT2D eigenvalue weighted by molar-refractivity contribution is 6.07. The van der Waals surface area contributed by atoms with E-state index in [1.54, 1.807) is 0 Å². The fourth-order valence-corrected chi connectivity index (χ4v) is 1.99. The van der Waals surface area contributed by atoms with Crippen LogP contribution >= 0.6 is 0 Å². The van der Waals surface area contributed by atoms with Crippen molar-refractivity contribution in [3.05, 3.63) is 35.4 Å². The van der Waals surface area contributed by atoms with Crippen LogP contribution in [0.3, 0.4) is 0 Å². The Morgan fingerprint density at radius 3 is 2.25 bits per heavy atom. The van der Waals surface area contributed by atoms with Crippen LogP contribution in [0.1, 0.15) is 24.5 Å². The Balaban J connectivity index is 2.46. The standard InChI is InChI=1S/C12H14N2O2/c1-3-12(10(15)13-11(16)14-12)9-6-4-8(2)5-7-9/h4-7H,3H2,1-2H3,(H2,13,14,15,16)/t12-/m1/s1. The first-order valence-electron chi connectivity index (χ1n) is 5.29. The van der Waals surface area contributed by atoms with Gasteiger partial charge >= 0.3 is 6.03 Å². The van der Waals surface area contributed by atoms with Gasteiger partial charge in [0.15, 0.2) is 0 Å². The predicted octanol–water partition coefficient (Wildman–Crippen LogP) is 1.44. The first kappa shape index (κ1) is 10.7. The van der Waals surface area contributed by atoms with E-state index in [0.29, 0.717) is 6.42 Å². The van der Waals surface area contributed by atoms with E-state index in [-0.39, 0.29) is 5.91 Å². The Morgan fingerprint density at radius 1 is 1.19 bits per heavy atom. The van der Waals surface area contributed by atoms with Crippen LogP contribution in [0.15, 0.2) is 24.3 Å². The van der Waals surface area contributed by atoms with Gasteiger partial charge in [-0.25, -0.2) is 4.79 Å². The Labute approximate surface area is 94.0 Å². The number of hydrogen-bond donors (Lipinski definition) is 2. The smallest absolute Gasteiger partial charge is 0.319 e. The van der Waals surface area contributed by atoms with Gasteiger partial charge in [-0.05, 0) is 18.9 Å². The van der Waals surface area contributed by atoms with Gasteiger partial charge in [0.25, 0.3) is 5.91 Å². The minimum atomic E-state index is -0.898. The van der Waals surface area contributed by atoms with Crippen molar-refractivity contribution in [2.75, 3.05) is 0 Å². The zero-order valence-corrected chi connectivity index (χ0v) is 9.33. The number of urea groups is 1. The average molecular weight is 218 g/mol. The van der Waals surface area contributed by atoms with Crippen LogP contribution in [0.4, 0.5) is 4.79 Å². The van der Waals surface area contributed by atoms with E-state index >= 15 is 0 Å². The van der Waals surface area contributed by atoms with E-state index in [1.807, 2.05) is 38.1 Å². The third kappa shape index (κ3) is 1.46. The molecule has 4 nitrogen and oxygen atoms in total. The highest BCUT2D eigenvalue weighted by Gasteiger charge is 2.45. The molecule has 1 aromatic rings. The lowest BCUT2D eigenvalue weighted by molar-refractivity contribution is -0.124. The molecule has 0 aliphatic carbocycles. The predicted molar refractivity (Wildman–Crippen MR) is 59.8 cm³/mol. The molecular weight excluding hydrogens is 204 g/mol. The molecule has 4 heteroatoms. The summed E-state index contributed by atoms with van der Waals surface area (Å²) < 4.78 is 0. The molecule has 0 bridgehead atoms. The van der Waals surface area contributed by atoms with E-state index in [2.05, 4.69) is 10.6 Å². The van der Waals surface area contributed by atoms with Gasteiger partial charge < -0.3 is 5.32 Å². The van der Waals surface area contributed by atoms with Crippen LogP contribution in [-0.2, 0) is 10.3 Å². The van der Waals surface area contributed by atoms with Crippen LogP contribution in [0.25, 0.3) is 0 Å². The van der Waals surface area contributed by atoms with Gasteiger partial charge in [0, 0.05) is 0 Å². The Hall–Kier alpha value is -1.84. The van der Waals surface area contributed by atoms with Crippen LogP contribution < -0.4 is 10.6 Å². The number of rotatable bonds is 2. The molecular formula is C12H14N2O2. The molecule has 3 amide bonds. The molecule has 1 heterocycles. The van der Waals surface area contributed by atoms with E-state index < -0.39 is 11.6 Å². The van der Waals surface area contributed by atoms with Crippen molar-refractivity contribution in [1.29, 1.82) is 0 Å². The molecule has 0 spiro atoms. The fourth-order valence-electron chi connectivity index (χ4n) is 1.99. The second kappa shape index (κ2) is 3.63. The molecule has 2 N–H and O–H groups in total. The summed E-state index contributed by atoms with van der Waals surface area (Å²) in [6.07, 6.45) is 0.535. The third-order valence-electron chi connectivity index (χ3n) is 3.02. The monoisotopic (exact) mass is 218 g/mol. The van der Waals surface area contributed by atoms with E-state index in [0.717, 1.165) is 11.1 Å². The average Bonchev–Trinajstić information content (AvgIpc) is 2.55. The third-order valence-corrected chi connectivity index (χ3v) is 3.02. The number of benzene rings is 1. The van der Waals surface area contributed by atoms with Gasteiger partial charge in [-0.2, -0.15) is 0 Å². The SMILES string of the molecule is CC[C@]1(c2ccc(C)cc2)NC(=O)NC1=O. The van der Waals surface area contributed by atoms with Crippen LogP contribution in [-0.4, -0.2) is 11.9 Å². The molecule has 0 unspecified atom stereocenters. The molecule has 1 aliphatic heterocycles. The van der Waals surface area contributed by atoms with Crippen molar-refractivity contribution < 1.29 is 9.59 Å². The van der Waals surface area contributed by atoms with Gasteiger partial charge in [-0.1, -0.05) is 36.8 Å². The number of nitrogens with one attached hydrogen (secondary N) is 2. The van der Waals surface area contributed by atoms with Gasteiger partial charge in [0.2, 0.25) is 0 Å². The van der Waals surface area contributed by atoms with Crippen molar-refractivity contribution in [2.24, 2.45) is 0 Å². The Kier molecular flexibility index (Phi) is 2.42. The van der Waals surface area contributed by atoms with E-state index in [9.17, 15) is 9.59 Å². The highest BCUT2D eigenvalue weighted by Crippen LogP contribution is 2.28. The maximum absolute atomic E-state index is 11.8. The number of amides is 3. The molecule has 1 atom stereocenters. The van der Waals surface area contributed by atoms with Gasteiger partial charge in [0.05, 0.1) is 0 Å². The highest BCUT2D eigenvalue weighted by atomic mass is 16.2. The molecule has 84 valence electrons. The number of hydrogen-bond acceptors (Lipinski definition) is 2. The normalized spacial score (nSPS) is 24.1. The van der Waals surface area contributed by atoms with Crippen LogP contribution in [0.5, 0.6) is 0 Å². The largest absolute Gasteiger partial charge is 0.322 e. The maximum atomic E-state index is 11.8. The van der Waals surface area contributed by atoms with Gasteiger partial charge in [0.1, 0.15) is 5.54 Å². The summed E-state index contributed by atoms with van der Waals surface area (Å²) in [6, 6.07) is 7.20. The van der Waals surface area contributed by atoms with Gasteiger partial charge in [-0.3, -0.25) is 10.1 Å². The molecule has 0 aromatic heterocycles. The number of imide groups is 1. The molecule has 1 aromatic carbocycles. The van der Waals surface area contributed by atoms with Crippen molar-refractivity contribution in [3.8, 4) is 0 Å². The molecule has 16 heavy (non-hydrogen) atoms. The summed E-state index contributed by atoms with van der Waals surface area (Å²) in [5.74, 6) is -0.274. The quantitative estimate of drug-likeness (QED) is 0.738. The minimum absolute atomic E-state index is 0.274. The second-order valence-corrected chi connectivity index (χ2v) is 4.03. The molecule has 1 aliphatic rings. The number of carbonyl (C=O) groups excluding carboxylic acids is 2. The summed E-state index contributed by atoms with van der Waals surface area (Å²) in [6.45, 7) is 3.86. The van der Waals surface area contributed by atoms with Crippen LogP contribution in [0, 0.1) is 6.92 Å². The number of carbonyl (C=O) groups is 2. The summed E-state index contributed by atoms with van der Waals surface area (Å²) in [4.78, 5) is 23.1. The molecule has 1 fully saturated rings. The lowest BCUT2D eigenvalue weighted by Crippen LogP contribution is -2.43. The van der Waals surface area contributed by atoms with Crippen molar-refractivity contribution in [2.45, 2.75) is 25.8 Å². The zero-order chi connectivity index (χ0) is 11.8. The topological polar surface area (TPSA) is 58.2 Å². The summed E-state index contributed by atoms with van der Waals surface area (Å²) in [5.41, 5.74) is 1.05. The van der Waals surface area contributed by atoms with E-state index in [1.165, 1.54) is 0 Å². The number of aryl methyl sites for hydroxylation is 1. The van der Waals surface area contributed by atoms with Gasteiger partial charge in [-0.15, -0.1) is 0 Å². The lowest BCUT2D eigenvalue weighted by atomic mass is 9.87. The minimum Gasteiger partial charge on any atom is -0.319 e. The Morgan fingerprint density at radius 2 is 1.81 bits per heavy atom. The second-order valence-electron chi connectivity index (χ2n) is 4.03. The molecule has 1 saturated heterocycles. The summed E-state index contributed by atoms with van der Waals surface area (Å²) >= 11 is 0. The van der Waals surface area contributed by atoms with E-state index in [4.69, 9.17) is 0 Å². The first-order valence-corrected chi connectivity index (χ1v) is 5.29. The summed E-state index contributed by atoms with van der Waals surface area (Å²) in [5, 5.41) is 4.99. The lowest BCUT2D eigenvalue weighted by Gasteiger charge is -2.24. The molecule has 0 radical (unpaired) electrons. The zero-order valence-electron chi connectivity index (χ0n) is 9.33. The molecule has 2 rings (SSSR count). The first-order chi connectivity index (χ1) is 7.58.